The third-order valence-electron chi connectivity index (χ3n) is 6.42. The summed E-state index contributed by atoms with van der Waals surface area (Å²) in [6, 6.07) is 14.7. The summed E-state index contributed by atoms with van der Waals surface area (Å²) >= 11 is 0. The number of aliphatic hydroxyl groups is 1. The first-order valence-electron chi connectivity index (χ1n) is 11.2. The fraction of sp³-hybridized carbons (Fsp3) is 0.400. The second-order valence-electron chi connectivity index (χ2n) is 8.68. The summed E-state index contributed by atoms with van der Waals surface area (Å²) in [5.41, 5.74) is 4.37. The molecule has 2 aliphatic rings. The van der Waals surface area contributed by atoms with Crippen molar-refractivity contribution in [2.75, 3.05) is 13.2 Å². The average molecular weight is 453 g/mol. The van der Waals surface area contributed by atoms with E-state index < -0.39 is 30.1 Å². The van der Waals surface area contributed by atoms with E-state index in [1.165, 1.54) is 4.90 Å². The molecule has 3 atom stereocenters. The van der Waals surface area contributed by atoms with E-state index in [9.17, 15) is 19.5 Å². The van der Waals surface area contributed by atoms with Crippen LogP contribution in [0.3, 0.4) is 0 Å². The number of rotatable bonds is 7. The molecule has 2 amide bonds. The van der Waals surface area contributed by atoms with Gasteiger partial charge in [-0.1, -0.05) is 48.5 Å². The van der Waals surface area contributed by atoms with E-state index in [0.717, 1.165) is 22.3 Å². The predicted octanol–water partition coefficient (Wildman–Crippen LogP) is 2.74. The summed E-state index contributed by atoms with van der Waals surface area (Å²) in [7, 11) is 0. The number of nitrogens with one attached hydrogen (secondary N) is 1. The molecule has 1 heterocycles. The quantitative estimate of drug-likeness (QED) is 0.595. The largest absolute Gasteiger partial charge is 0.481 e. The van der Waals surface area contributed by atoms with E-state index in [1.54, 1.807) is 0 Å². The van der Waals surface area contributed by atoms with Crippen LogP contribution < -0.4 is 5.32 Å². The first-order valence-corrected chi connectivity index (χ1v) is 11.2. The second-order valence-corrected chi connectivity index (χ2v) is 8.68. The second kappa shape index (κ2) is 9.62. The summed E-state index contributed by atoms with van der Waals surface area (Å²) in [5.74, 6) is -1.59. The summed E-state index contributed by atoms with van der Waals surface area (Å²) in [6.07, 6.45) is -1.28. The normalized spacial score (nSPS) is 20.1. The molecule has 0 spiro atoms. The van der Waals surface area contributed by atoms with Crippen molar-refractivity contribution in [3.05, 3.63) is 59.7 Å². The number of likely N-dealkylation sites (tertiary alicyclic amines) is 1. The zero-order valence-corrected chi connectivity index (χ0v) is 18.4. The molecule has 1 saturated heterocycles. The summed E-state index contributed by atoms with van der Waals surface area (Å²) in [4.78, 5) is 38.2. The first-order chi connectivity index (χ1) is 15.8. The maximum Gasteiger partial charge on any atom is 0.407 e. The van der Waals surface area contributed by atoms with Crippen LogP contribution in [-0.4, -0.2) is 64.4 Å². The number of nitrogens with zero attached hydrogens (tertiary/aromatic N) is 1. The van der Waals surface area contributed by atoms with Gasteiger partial charge in [0.25, 0.3) is 0 Å². The lowest BCUT2D eigenvalue weighted by Gasteiger charge is -2.27. The molecular weight excluding hydrogens is 424 g/mol. The maximum atomic E-state index is 13.0. The van der Waals surface area contributed by atoms with Crippen molar-refractivity contribution in [1.82, 2.24) is 10.2 Å². The van der Waals surface area contributed by atoms with Crippen LogP contribution in [0.2, 0.25) is 0 Å². The third kappa shape index (κ3) is 4.85. The molecule has 0 radical (unpaired) electrons. The Balaban J connectivity index is 1.43. The Labute approximate surface area is 192 Å². The van der Waals surface area contributed by atoms with Crippen molar-refractivity contribution in [3.63, 3.8) is 0 Å². The van der Waals surface area contributed by atoms with E-state index in [1.807, 2.05) is 55.5 Å². The molecule has 8 nitrogen and oxygen atoms in total. The Morgan fingerprint density at radius 1 is 1.09 bits per heavy atom. The topological polar surface area (TPSA) is 116 Å². The van der Waals surface area contributed by atoms with Gasteiger partial charge < -0.3 is 25.2 Å². The van der Waals surface area contributed by atoms with Gasteiger partial charge in [0.05, 0.1) is 6.10 Å². The van der Waals surface area contributed by atoms with Crippen molar-refractivity contribution in [1.29, 1.82) is 0 Å². The Bertz CT molecular complexity index is 1010. The minimum Gasteiger partial charge on any atom is -0.481 e. The lowest BCUT2D eigenvalue weighted by molar-refractivity contribution is -0.138. The number of fused-ring (bicyclic) bond motifs is 3. The highest BCUT2D eigenvalue weighted by atomic mass is 16.5. The smallest absolute Gasteiger partial charge is 0.407 e. The van der Waals surface area contributed by atoms with Crippen molar-refractivity contribution >= 4 is 18.0 Å². The fourth-order valence-corrected chi connectivity index (χ4v) is 4.82. The van der Waals surface area contributed by atoms with Gasteiger partial charge in [0, 0.05) is 24.9 Å². The van der Waals surface area contributed by atoms with Crippen LogP contribution in [0.1, 0.15) is 43.2 Å². The zero-order valence-electron chi connectivity index (χ0n) is 18.4. The standard InChI is InChI=1S/C25H28N2O6/c1-15-12-16(28)13-27(15)24(31)22(10-11-23(29)30)26-25(32)33-14-21-19-8-4-2-6-17(19)18-7-3-5-9-20(18)21/h2-9,15-16,21-22,28H,10-14H2,1H3,(H,26,32)(H,29,30). The molecule has 2 aromatic rings. The van der Waals surface area contributed by atoms with Crippen LogP contribution in [0.5, 0.6) is 0 Å². The highest BCUT2D eigenvalue weighted by Gasteiger charge is 2.36. The number of aliphatic hydroxyl groups excluding tert-OH is 1. The van der Waals surface area contributed by atoms with Gasteiger partial charge in [0.1, 0.15) is 12.6 Å². The van der Waals surface area contributed by atoms with Gasteiger partial charge in [-0.15, -0.1) is 0 Å². The van der Waals surface area contributed by atoms with Crippen LogP contribution in [0.4, 0.5) is 4.79 Å². The molecule has 0 bridgehead atoms. The van der Waals surface area contributed by atoms with Gasteiger partial charge in [0.2, 0.25) is 5.91 Å². The molecule has 1 aliphatic carbocycles. The predicted molar refractivity (Wildman–Crippen MR) is 121 cm³/mol. The number of β-amino-alcohol motifs (C(OH)–C–C–N with tert-alkyl or cyclic N) is 1. The number of carbonyl (C=O) groups is 3. The molecule has 174 valence electrons. The molecule has 0 saturated carbocycles. The Kier molecular flexibility index (Phi) is 6.65. The molecule has 33 heavy (non-hydrogen) atoms. The Morgan fingerprint density at radius 3 is 2.24 bits per heavy atom. The van der Waals surface area contributed by atoms with Crippen LogP contribution in [0.25, 0.3) is 11.1 Å². The Hall–Kier alpha value is -3.39. The van der Waals surface area contributed by atoms with Crippen molar-refractivity contribution in [3.8, 4) is 11.1 Å². The number of ether oxygens (including phenoxy) is 1. The van der Waals surface area contributed by atoms with Crippen molar-refractivity contribution < 1.29 is 29.3 Å². The molecule has 3 N–H and O–H groups in total. The first kappa shape index (κ1) is 22.8. The van der Waals surface area contributed by atoms with E-state index in [-0.39, 0.29) is 38.0 Å². The van der Waals surface area contributed by atoms with Crippen molar-refractivity contribution in [2.45, 2.75) is 50.3 Å². The van der Waals surface area contributed by atoms with Gasteiger partial charge in [-0.25, -0.2) is 4.79 Å². The number of carbonyl (C=O) groups excluding carboxylic acids is 2. The number of hydrogen-bond donors (Lipinski definition) is 3. The summed E-state index contributed by atoms with van der Waals surface area (Å²) in [5, 5.41) is 21.5. The lowest BCUT2D eigenvalue weighted by Crippen LogP contribution is -2.50. The molecule has 3 unspecified atom stereocenters. The summed E-state index contributed by atoms with van der Waals surface area (Å²) < 4.78 is 5.52. The van der Waals surface area contributed by atoms with Gasteiger partial charge in [0.15, 0.2) is 0 Å². The maximum absolute atomic E-state index is 13.0. The highest BCUT2D eigenvalue weighted by molar-refractivity contribution is 5.87. The van der Waals surface area contributed by atoms with Gasteiger partial charge in [-0.05, 0) is 42.0 Å². The van der Waals surface area contributed by atoms with Gasteiger partial charge in [-0.2, -0.15) is 0 Å². The number of amides is 2. The molecule has 0 aromatic heterocycles. The molecule has 2 aromatic carbocycles. The van der Waals surface area contributed by atoms with Crippen LogP contribution in [0, 0.1) is 0 Å². The number of aliphatic carboxylic acids is 1. The summed E-state index contributed by atoms with van der Waals surface area (Å²) in [6.45, 7) is 2.07. The number of benzene rings is 2. The Morgan fingerprint density at radius 2 is 1.70 bits per heavy atom. The monoisotopic (exact) mass is 452 g/mol. The zero-order chi connectivity index (χ0) is 23.5. The number of carboxylic acid groups (broad SMARTS) is 1. The van der Waals surface area contributed by atoms with Crippen LogP contribution in [-0.2, 0) is 14.3 Å². The SMILES string of the molecule is CC1CC(O)CN1C(=O)C(CCC(=O)O)NC(=O)OCC1c2ccccc2-c2ccccc21. The number of carboxylic acids is 1. The fourth-order valence-electron chi connectivity index (χ4n) is 4.82. The third-order valence-corrected chi connectivity index (χ3v) is 6.42. The number of hydrogen-bond acceptors (Lipinski definition) is 5. The van der Waals surface area contributed by atoms with E-state index >= 15 is 0 Å². The van der Waals surface area contributed by atoms with Crippen LogP contribution >= 0.6 is 0 Å². The molecular formula is C25H28N2O6. The van der Waals surface area contributed by atoms with Gasteiger partial charge in [-0.3, -0.25) is 9.59 Å². The minimum absolute atomic E-state index is 0.0579. The van der Waals surface area contributed by atoms with Crippen LogP contribution in [0.15, 0.2) is 48.5 Å². The van der Waals surface area contributed by atoms with E-state index in [2.05, 4.69) is 5.32 Å². The number of alkyl carbamates (subject to hydrolysis) is 1. The highest BCUT2D eigenvalue weighted by Crippen LogP contribution is 2.44. The van der Waals surface area contributed by atoms with E-state index in [4.69, 9.17) is 9.84 Å². The van der Waals surface area contributed by atoms with Crippen molar-refractivity contribution in [2.24, 2.45) is 0 Å². The van der Waals surface area contributed by atoms with Gasteiger partial charge >= 0.3 is 12.1 Å². The molecule has 1 fully saturated rings. The lowest BCUT2D eigenvalue weighted by atomic mass is 9.98. The molecule has 1 aliphatic heterocycles. The molecule has 8 heteroatoms. The molecule has 4 rings (SSSR count). The van der Waals surface area contributed by atoms with E-state index in [0.29, 0.717) is 6.42 Å². The average Bonchev–Trinajstić information content (AvgIpc) is 3.30. The minimum atomic E-state index is -1.06.